The van der Waals surface area contributed by atoms with Gasteiger partial charge in [0.15, 0.2) is 0 Å². The summed E-state index contributed by atoms with van der Waals surface area (Å²) < 4.78 is 17.2. The minimum Gasteiger partial charge on any atom is -0.491 e. The van der Waals surface area contributed by atoms with E-state index >= 15 is 0 Å². The van der Waals surface area contributed by atoms with Gasteiger partial charge in [0.2, 0.25) is 5.88 Å². The SMILES string of the molecule is COc1cc(CNc2ncccc2C(=O)Nc2ccc(C(C)(C)C)c(OC[C@@H]3CCCN3C(=O)OC(C)(C)C)c2)ccn1. The van der Waals surface area contributed by atoms with Crippen molar-refractivity contribution in [2.24, 2.45) is 0 Å². The largest absolute Gasteiger partial charge is 0.491 e. The summed E-state index contributed by atoms with van der Waals surface area (Å²) in [7, 11) is 1.57. The molecule has 0 radical (unpaired) electrons. The number of carbonyl (C=O) groups excluding carboxylic acids is 2. The van der Waals surface area contributed by atoms with Gasteiger partial charge in [0.25, 0.3) is 5.91 Å². The molecule has 2 aromatic heterocycles. The average Bonchev–Trinajstić information content (AvgIpc) is 3.43. The third-order valence-corrected chi connectivity index (χ3v) is 7.00. The number of hydrogen-bond acceptors (Lipinski definition) is 8. The van der Waals surface area contributed by atoms with Crippen molar-refractivity contribution in [3.8, 4) is 11.6 Å². The maximum Gasteiger partial charge on any atom is 0.410 e. The van der Waals surface area contributed by atoms with E-state index in [0.717, 1.165) is 24.0 Å². The Balaban J connectivity index is 1.48. The van der Waals surface area contributed by atoms with E-state index in [0.29, 0.717) is 48.4 Å². The summed E-state index contributed by atoms with van der Waals surface area (Å²) in [6, 6.07) is 12.8. The van der Waals surface area contributed by atoms with Gasteiger partial charge in [0, 0.05) is 43.3 Å². The van der Waals surface area contributed by atoms with Crippen LogP contribution < -0.4 is 20.1 Å². The fourth-order valence-corrected chi connectivity index (χ4v) is 4.88. The monoisotopic (exact) mass is 589 g/mol. The maximum atomic E-state index is 13.4. The molecule has 2 N–H and O–H groups in total. The van der Waals surface area contributed by atoms with Crippen molar-refractivity contribution in [2.75, 3.05) is 30.9 Å². The standard InChI is InChI=1S/C33H43N5O5/c1-32(2,3)26-13-12-23(19-27(26)42-21-24-10-9-17-38(24)31(40)43-33(4,5)6)37-30(39)25-11-8-15-35-29(25)36-20-22-14-16-34-28(18-22)41-7/h8,11-16,18-19,24H,9-10,17,20-21H2,1-7H3,(H,35,36)(H,37,39)/t24-/m0/s1. The Labute approximate surface area is 254 Å². The summed E-state index contributed by atoms with van der Waals surface area (Å²) in [5.41, 5.74) is 2.18. The van der Waals surface area contributed by atoms with Crippen LogP contribution in [-0.2, 0) is 16.7 Å². The van der Waals surface area contributed by atoms with Crippen LogP contribution >= 0.6 is 0 Å². The van der Waals surface area contributed by atoms with Crippen molar-refractivity contribution in [3.05, 3.63) is 71.5 Å². The summed E-state index contributed by atoms with van der Waals surface area (Å²) in [5, 5.41) is 6.25. The zero-order chi connectivity index (χ0) is 31.2. The van der Waals surface area contributed by atoms with E-state index in [1.807, 2.05) is 51.1 Å². The lowest BCUT2D eigenvalue weighted by Crippen LogP contribution is -2.42. The Morgan fingerprint density at radius 3 is 2.53 bits per heavy atom. The number of carbonyl (C=O) groups is 2. The molecule has 10 nitrogen and oxygen atoms in total. The number of likely N-dealkylation sites (tertiary alicyclic amines) is 1. The van der Waals surface area contributed by atoms with E-state index in [1.54, 1.807) is 36.5 Å². The van der Waals surface area contributed by atoms with Crippen molar-refractivity contribution in [1.29, 1.82) is 0 Å². The zero-order valence-electron chi connectivity index (χ0n) is 26.2. The van der Waals surface area contributed by atoms with Gasteiger partial charge in [-0.2, -0.15) is 0 Å². The van der Waals surface area contributed by atoms with E-state index in [2.05, 4.69) is 41.4 Å². The third-order valence-electron chi connectivity index (χ3n) is 7.00. The quantitative estimate of drug-likeness (QED) is 0.294. The zero-order valence-corrected chi connectivity index (χ0v) is 26.2. The van der Waals surface area contributed by atoms with Crippen LogP contribution in [0.4, 0.5) is 16.3 Å². The molecular weight excluding hydrogens is 546 g/mol. The van der Waals surface area contributed by atoms with E-state index in [-0.39, 0.29) is 23.5 Å². The Kier molecular flexibility index (Phi) is 9.78. The first-order chi connectivity index (χ1) is 20.3. The summed E-state index contributed by atoms with van der Waals surface area (Å²) in [6.45, 7) is 13.3. The summed E-state index contributed by atoms with van der Waals surface area (Å²) in [4.78, 5) is 36.5. The van der Waals surface area contributed by atoms with Crippen molar-refractivity contribution in [1.82, 2.24) is 14.9 Å². The molecule has 1 aliphatic rings. The topological polar surface area (TPSA) is 115 Å². The number of ether oxygens (including phenoxy) is 3. The molecule has 43 heavy (non-hydrogen) atoms. The second-order valence-corrected chi connectivity index (χ2v) is 12.7. The number of amides is 2. The van der Waals surface area contributed by atoms with Gasteiger partial charge in [-0.1, -0.05) is 26.8 Å². The molecule has 0 unspecified atom stereocenters. The molecule has 230 valence electrons. The van der Waals surface area contributed by atoms with Crippen molar-refractivity contribution < 1.29 is 23.8 Å². The molecule has 4 rings (SSSR count). The highest BCUT2D eigenvalue weighted by atomic mass is 16.6. The van der Waals surface area contributed by atoms with Crippen molar-refractivity contribution >= 4 is 23.5 Å². The van der Waals surface area contributed by atoms with Gasteiger partial charge in [0.1, 0.15) is 23.8 Å². The number of pyridine rings is 2. The first-order valence-corrected chi connectivity index (χ1v) is 14.6. The number of nitrogens with zero attached hydrogens (tertiary/aromatic N) is 3. The van der Waals surface area contributed by atoms with Crippen LogP contribution in [0.3, 0.4) is 0 Å². The second kappa shape index (κ2) is 13.3. The highest BCUT2D eigenvalue weighted by Crippen LogP contribution is 2.34. The Hall–Kier alpha value is -4.34. The molecule has 2 amide bonds. The highest BCUT2D eigenvalue weighted by Gasteiger charge is 2.33. The van der Waals surface area contributed by atoms with Gasteiger partial charge < -0.3 is 29.7 Å². The first-order valence-electron chi connectivity index (χ1n) is 14.6. The number of methoxy groups -OCH3 is 1. The van der Waals surface area contributed by atoms with Gasteiger partial charge in [-0.15, -0.1) is 0 Å². The van der Waals surface area contributed by atoms with Crippen LogP contribution in [-0.4, -0.2) is 58.8 Å². The van der Waals surface area contributed by atoms with Gasteiger partial charge >= 0.3 is 6.09 Å². The fourth-order valence-electron chi connectivity index (χ4n) is 4.88. The number of benzene rings is 1. The molecule has 3 aromatic rings. The summed E-state index contributed by atoms with van der Waals surface area (Å²) >= 11 is 0. The highest BCUT2D eigenvalue weighted by molar-refractivity contribution is 6.07. The minimum absolute atomic E-state index is 0.0923. The number of nitrogens with one attached hydrogen (secondary N) is 2. The normalized spacial score (nSPS) is 15.1. The average molecular weight is 590 g/mol. The van der Waals surface area contributed by atoms with Gasteiger partial charge in [-0.3, -0.25) is 4.79 Å². The molecule has 1 saturated heterocycles. The number of aromatic nitrogens is 2. The van der Waals surface area contributed by atoms with E-state index < -0.39 is 5.60 Å². The molecule has 1 atom stereocenters. The smallest absolute Gasteiger partial charge is 0.410 e. The van der Waals surface area contributed by atoms with Crippen LogP contribution in [0.2, 0.25) is 0 Å². The first kappa shape index (κ1) is 31.6. The lowest BCUT2D eigenvalue weighted by atomic mass is 9.86. The lowest BCUT2D eigenvalue weighted by Gasteiger charge is -2.29. The van der Waals surface area contributed by atoms with Crippen LogP contribution in [0.1, 0.15) is 75.9 Å². The number of anilines is 2. The van der Waals surface area contributed by atoms with Crippen molar-refractivity contribution in [2.45, 2.75) is 78.0 Å². The van der Waals surface area contributed by atoms with E-state index in [1.165, 1.54) is 0 Å². The Morgan fingerprint density at radius 1 is 1.02 bits per heavy atom. The Bertz CT molecular complexity index is 1430. The molecule has 0 bridgehead atoms. The van der Waals surface area contributed by atoms with Gasteiger partial charge in [-0.25, -0.2) is 14.8 Å². The van der Waals surface area contributed by atoms with E-state index in [4.69, 9.17) is 14.2 Å². The molecule has 0 aliphatic carbocycles. The summed E-state index contributed by atoms with van der Waals surface area (Å²) in [6.07, 6.45) is 4.72. The maximum absolute atomic E-state index is 13.4. The summed E-state index contributed by atoms with van der Waals surface area (Å²) in [5.74, 6) is 1.34. The van der Waals surface area contributed by atoms with Gasteiger partial charge in [0.05, 0.1) is 18.7 Å². The molecule has 0 spiro atoms. The second-order valence-electron chi connectivity index (χ2n) is 12.7. The molecule has 3 heterocycles. The number of hydrogen-bond donors (Lipinski definition) is 2. The Morgan fingerprint density at radius 2 is 1.81 bits per heavy atom. The number of rotatable bonds is 9. The molecule has 1 fully saturated rings. The van der Waals surface area contributed by atoms with Crippen LogP contribution in [0.25, 0.3) is 0 Å². The third kappa shape index (κ3) is 8.59. The van der Waals surface area contributed by atoms with Crippen LogP contribution in [0, 0.1) is 0 Å². The molecule has 1 aromatic carbocycles. The molecule has 0 saturated carbocycles. The van der Waals surface area contributed by atoms with Crippen LogP contribution in [0.5, 0.6) is 11.6 Å². The predicted molar refractivity (Wildman–Crippen MR) is 167 cm³/mol. The fraction of sp³-hybridized carbons (Fsp3) is 0.455. The van der Waals surface area contributed by atoms with E-state index in [9.17, 15) is 9.59 Å². The van der Waals surface area contributed by atoms with Gasteiger partial charge in [-0.05, 0) is 74.4 Å². The van der Waals surface area contributed by atoms with Crippen LogP contribution in [0.15, 0.2) is 54.9 Å². The molecule has 1 aliphatic heterocycles. The predicted octanol–water partition coefficient (Wildman–Crippen LogP) is 6.43. The molecule has 10 heteroatoms. The minimum atomic E-state index is -0.562. The molecular formula is C33H43N5O5. The lowest BCUT2D eigenvalue weighted by molar-refractivity contribution is 0.0186. The van der Waals surface area contributed by atoms with Crippen molar-refractivity contribution in [3.63, 3.8) is 0 Å².